The summed E-state index contributed by atoms with van der Waals surface area (Å²) in [7, 11) is 2.92. The molecule has 0 spiro atoms. The Bertz CT molecular complexity index is 326. The average Bonchev–Trinajstić information content (AvgIpc) is 2.17. The minimum atomic E-state index is -0.430. The molecule has 0 fully saturated rings. The van der Waals surface area contributed by atoms with Gasteiger partial charge in [0.05, 0.1) is 14.2 Å². The summed E-state index contributed by atoms with van der Waals surface area (Å²) in [4.78, 5) is 0. The van der Waals surface area contributed by atoms with Gasteiger partial charge in [0.25, 0.3) is 0 Å². The Labute approximate surface area is 82.6 Å². The molecule has 1 unspecified atom stereocenters. The molecule has 0 heterocycles. The second kappa shape index (κ2) is 4.28. The molecule has 0 aliphatic rings. The highest BCUT2D eigenvalue weighted by Crippen LogP contribution is 2.30. The van der Waals surface area contributed by atoms with Crippen molar-refractivity contribution in [1.29, 1.82) is 0 Å². The number of ether oxygens (including phenoxy) is 2. The van der Waals surface area contributed by atoms with Gasteiger partial charge >= 0.3 is 0 Å². The summed E-state index contributed by atoms with van der Waals surface area (Å²) in [6.07, 6.45) is 0. The van der Waals surface area contributed by atoms with Crippen LogP contribution in [0.2, 0.25) is 0 Å². The molecule has 0 bridgehead atoms. The Morgan fingerprint density at radius 3 is 2.21 bits per heavy atom. The molecular weight excluding hydrogens is 185 g/mol. The maximum absolute atomic E-state index is 13.3. The number of methoxy groups -OCH3 is 2. The van der Waals surface area contributed by atoms with E-state index in [4.69, 9.17) is 15.2 Å². The smallest absolute Gasteiger partial charge is 0.165 e. The van der Waals surface area contributed by atoms with Crippen LogP contribution in [0.15, 0.2) is 12.1 Å². The van der Waals surface area contributed by atoms with E-state index in [1.807, 2.05) is 0 Å². The fourth-order valence-corrected chi connectivity index (χ4v) is 1.24. The lowest BCUT2D eigenvalue weighted by molar-refractivity contribution is 0.370. The molecule has 78 valence electrons. The van der Waals surface area contributed by atoms with Crippen molar-refractivity contribution in [2.24, 2.45) is 5.73 Å². The molecule has 0 saturated carbocycles. The average molecular weight is 199 g/mol. The van der Waals surface area contributed by atoms with Gasteiger partial charge in [-0.05, 0) is 13.0 Å². The zero-order chi connectivity index (χ0) is 10.7. The van der Waals surface area contributed by atoms with Gasteiger partial charge in [-0.3, -0.25) is 0 Å². The first-order valence-electron chi connectivity index (χ1n) is 4.27. The third kappa shape index (κ3) is 1.96. The lowest BCUT2D eigenvalue weighted by atomic mass is 10.1. The zero-order valence-electron chi connectivity index (χ0n) is 8.50. The quantitative estimate of drug-likeness (QED) is 0.808. The highest BCUT2D eigenvalue weighted by molar-refractivity contribution is 5.43. The Kier molecular flexibility index (Phi) is 3.30. The molecule has 0 radical (unpaired) electrons. The summed E-state index contributed by atoms with van der Waals surface area (Å²) >= 11 is 0. The van der Waals surface area contributed by atoms with Crippen LogP contribution in [0.25, 0.3) is 0 Å². The second-order valence-electron chi connectivity index (χ2n) is 3.02. The highest BCUT2D eigenvalue weighted by Gasteiger charge is 2.13. The van der Waals surface area contributed by atoms with Crippen LogP contribution in [-0.2, 0) is 0 Å². The molecule has 1 rings (SSSR count). The van der Waals surface area contributed by atoms with E-state index in [0.29, 0.717) is 11.3 Å². The second-order valence-corrected chi connectivity index (χ2v) is 3.02. The van der Waals surface area contributed by atoms with Crippen LogP contribution in [0, 0.1) is 5.82 Å². The summed E-state index contributed by atoms with van der Waals surface area (Å²) in [6, 6.07) is 2.56. The molecular formula is C10H14FNO2. The summed E-state index contributed by atoms with van der Waals surface area (Å²) in [5.41, 5.74) is 6.29. The van der Waals surface area contributed by atoms with E-state index in [1.165, 1.54) is 26.4 Å². The third-order valence-corrected chi connectivity index (χ3v) is 1.99. The highest BCUT2D eigenvalue weighted by atomic mass is 19.1. The number of hydrogen-bond donors (Lipinski definition) is 1. The Morgan fingerprint density at radius 1 is 1.21 bits per heavy atom. The van der Waals surface area contributed by atoms with Gasteiger partial charge in [-0.25, -0.2) is 4.39 Å². The number of hydrogen-bond acceptors (Lipinski definition) is 3. The topological polar surface area (TPSA) is 44.5 Å². The molecule has 14 heavy (non-hydrogen) atoms. The normalized spacial score (nSPS) is 12.4. The van der Waals surface area contributed by atoms with E-state index >= 15 is 0 Å². The van der Waals surface area contributed by atoms with Crippen molar-refractivity contribution in [2.75, 3.05) is 14.2 Å². The van der Waals surface area contributed by atoms with E-state index in [-0.39, 0.29) is 11.8 Å². The zero-order valence-corrected chi connectivity index (χ0v) is 8.50. The van der Waals surface area contributed by atoms with E-state index in [2.05, 4.69) is 0 Å². The van der Waals surface area contributed by atoms with Crippen LogP contribution in [0.3, 0.4) is 0 Å². The predicted molar refractivity (Wildman–Crippen MR) is 52.1 cm³/mol. The maximum Gasteiger partial charge on any atom is 0.165 e. The number of nitrogens with two attached hydrogens (primary N) is 1. The molecule has 0 aromatic heterocycles. The van der Waals surface area contributed by atoms with Gasteiger partial charge in [0.2, 0.25) is 0 Å². The Balaban J connectivity index is 3.24. The fraction of sp³-hybridized carbons (Fsp3) is 0.400. The molecule has 1 aromatic rings. The summed E-state index contributed by atoms with van der Waals surface area (Å²) in [5.74, 6) is 0.269. The van der Waals surface area contributed by atoms with Crippen molar-refractivity contribution in [2.45, 2.75) is 13.0 Å². The van der Waals surface area contributed by atoms with E-state index in [1.54, 1.807) is 6.92 Å². The van der Waals surface area contributed by atoms with Crippen molar-refractivity contribution < 1.29 is 13.9 Å². The van der Waals surface area contributed by atoms with Crippen molar-refractivity contribution in [3.05, 3.63) is 23.5 Å². The molecule has 0 saturated heterocycles. The van der Waals surface area contributed by atoms with Crippen LogP contribution in [0.1, 0.15) is 18.5 Å². The molecule has 0 aliphatic heterocycles. The van der Waals surface area contributed by atoms with Crippen molar-refractivity contribution in [3.63, 3.8) is 0 Å². The first-order valence-corrected chi connectivity index (χ1v) is 4.27. The standard InChI is InChI=1S/C10H14FNO2/c1-6(12)7-4-8(11)10(14-3)5-9(7)13-2/h4-6H,12H2,1-3H3. The van der Waals surface area contributed by atoms with E-state index in [0.717, 1.165) is 0 Å². The Morgan fingerprint density at radius 2 is 1.79 bits per heavy atom. The molecule has 1 aromatic carbocycles. The molecule has 3 nitrogen and oxygen atoms in total. The van der Waals surface area contributed by atoms with Gasteiger partial charge in [0.1, 0.15) is 5.75 Å². The van der Waals surface area contributed by atoms with Crippen LogP contribution < -0.4 is 15.2 Å². The molecule has 2 N–H and O–H groups in total. The largest absolute Gasteiger partial charge is 0.496 e. The van der Waals surface area contributed by atoms with Crippen molar-refractivity contribution >= 4 is 0 Å². The minimum Gasteiger partial charge on any atom is -0.496 e. The minimum absolute atomic E-state index is 0.159. The molecule has 4 heteroatoms. The van der Waals surface area contributed by atoms with Gasteiger partial charge < -0.3 is 15.2 Å². The van der Waals surface area contributed by atoms with Crippen LogP contribution in [0.4, 0.5) is 4.39 Å². The summed E-state index contributed by atoms with van der Waals surface area (Å²) < 4.78 is 23.2. The predicted octanol–water partition coefficient (Wildman–Crippen LogP) is 1.86. The van der Waals surface area contributed by atoms with Crippen LogP contribution >= 0.6 is 0 Å². The first-order chi connectivity index (χ1) is 6.60. The summed E-state index contributed by atoms with van der Waals surface area (Å²) in [6.45, 7) is 1.77. The van der Waals surface area contributed by atoms with Crippen LogP contribution in [0.5, 0.6) is 11.5 Å². The van der Waals surface area contributed by atoms with Gasteiger partial charge in [-0.15, -0.1) is 0 Å². The van der Waals surface area contributed by atoms with E-state index < -0.39 is 5.82 Å². The van der Waals surface area contributed by atoms with Crippen molar-refractivity contribution in [3.8, 4) is 11.5 Å². The molecule has 1 atom stereocenters. The lowest BCUT2D eigenvalue weighted by Gasteiger charge is -2.13. The van der Waals surface area contributed by atoms with Crippen LogP contribution in [-0.4, -0.2) is 14.2 Å². The van der Waals surface area contributed by atoms with Gasteiger partial charge in [0, 0.05) is 17.7 Å². The number of halogens is 1. The monoisotopic (exact) mass is 199 g/mol. The number of benzene rings is 1. The van der Waals surface area contributed by atoms with Crippen molar-refractivity contribution in [1.82, 2.24) is 0 Å². The Hall–Kier alpha value is -1.29. The summed E-state index contributed by atoms with van der Waals surface area (Å²) in [5, 5.41) is 0. The van der Waals surface area contributed by atoms with E-state index in [9.17, 15) is 4.39 Å². The number of rotatable bonds is 3. The van der Waals surface area contributed by atoms with Gasteiger partial charge in [0.15, 0.2) is 11.6 Å². The lowest BCUT2D eigenvalue weighted by Crippen LogP contribution is -2.08. The SMILES string of the molecule is COc1cc(OC)c(C(C)N)cc1F. The third-order valence-electron chi connectivity index (χ3n) is 1.99. The molecule has 0 aliphatic carbocycles. The maximum atomic E-state index is 13.3. The van der Waals surface area contributed by atoms with Gasteiger partial charge in [-0.2, -0.15) is 0 Å². The first kappa shape index (κ1) is 10.8. The fourth-order valence-electron chi connectivity index (χ4n) is 1.24. The molecule has 0 amide bonds. The van der Waals surface area contributed by atoms with Gasteiger partial charge in [-0.1, -0.05) is 0 Å².